The van der Waals surface area contributed by atoms with E-state index in [4.69, 9.17) is 4.74 Å². The number of hydrogen-bond acceptors (Lipinski definition) is 5. The Morgan fingerprint density at radius 1 is 1.53 bits per heavy atom. The molecule has 0 radical (unpaired) electrons. The van der Waals surface area contributed by atoms with Gasteiger partial charge in [0.25, 0.3) is 0 Å². The van der Waals surface area contributed by atoms with E-state index < -0.39 is 0 Å². The minimum absolute atomic E-state index is 0.0175. The van der Waals surface area contributed by atoms with Gasteiger partial charge in [-0.1, -0.05) is 6.92 Å². The summed E-state index contributed by atoms with van der Waals surface area (Å²) in [5.74, 6) is 1.10. The van der Waals surface area contributed by atoms with Gasteiger partial charge in [-0.2, -0.15) is 5.10 Å². The molecule has 2 N–H and O–H groups in total. The summed E-state index contributed by atoms with van der Waals surface area (Å²) in [6, 6.07) is 0.0175. The SMILES string of the molecule is CCNCc1c(C)nn(C)c1N1CCOCC1CO. The number of nitrogens with one attached hydrogen (secondary N) is 1. The number of aryl methyl sites for hydroxylation is 2. The molecule has 1 atom stereocenters. The van der Waals surface area contributed by atoms with E-state index in [0.717, 1.165) is 31.1 Å². The summed E-state index contributed by atoms with van der Waals surface area (Å²) in [5, 5.41) is 17.4. The third-order valence-corrected chi connectivity index (χ3v) is 3.58. The smallest absolute Gasteiger partial charge is 0.131 e. The quantitative estimate of drug-likeness (QED) is 0.789. The van der Waals surface area contributed by atoms with Crippen LogP contribution in [0.15, 0.2) is 0 Å². The number of morpholine rings is 1. The van der Waals surface area contributed by atoms with Crippen molar-refractivity contribution in [3.8, 4) is 0 Å². The van der Waals surface area contributed by atoms with E-state index in [1.54, 1.807) is 0 Å². The molecule has 0 aliphatic carbocycles. The first-order chi connectivity index (χ1) is 9.19. The Bertz CT molecular complexity index is 419. The molecule has 108 valence electrons. The maximum Gasteiger partial charge on any atom is 0.131 e. The van der Waals surface area contributed by atoms with E-state index >= 15 is 0 Å². The minimum atomic E-state index is 0.0175. The maximum atomic E-state index is 9.52. The number of anilines is 1. The Balaban J connectivity index is 2.30. The van der Waals surface area contributed by atoms with Crippen LogP contribution in [0.4, 0.5) is 5.82 Å². The molecule has 1 aromatic heterocycles. The highest BCUT2D eigenvalue weighted by molar-refractivity contribution is 5.51. The number of rotatable bonds is 5. The van der Waals surface area contributed by atoms with Crippen LogP contribution in [-0.4, -0.2) is 53.8 Å². The average Bonchev–Trinajstić information content (AvgIpc) is 2.70. The van der Waals surface area contributed by atoms with Gasteiger partial charge in [-0.3, -0.25) is 4.68 Å². The van der Waals surface area contributed by atoms with Crippen LogP contribution >= 0.6 is 0 Å². The molecule has 2 heterocycles. The molecule has 1 aliphatic rings. The van der Waals surface area contributed by atoms with Crippen molar-refractivity contribution in [3.63, 3.8) is 0 Å². The predicted octanol–water partition coefficient (Wildman–Crippen LogP) is 0.0355. The first kappa shape index (κ1) is 14.3. The second-order valence-electron chi connectivity index (χ2n) is 4.90. The number of nitrogens with zero attached hydrogens (tertiary/aromatic N) is 3. The summed E-state index contributed by atoms with van der Waals surface area (Å²) in [6.07, 6.45) is 0. The van der Waals surface area contributed by atoms with Crippen LogP contribution in [0.25, 0.3) is 0 Å². The van der Waals surface area contributed by atoms with Gasteiger partial charge < -0.3 is 20.1 Å². The van der Waals surface area contributed by atoms with E-state index in [-0.39, 0.29) is 12.6 Å². The van der Waals surface area contributed by atoms with Gasteiger partial charge in [0.1, 0.15) is 5.82 Å². The van der Waals surface area contributed by atoms with Crippen LogP contribution in [-0.2, 0) is 18.3 Å². The van der Waals surface area contributed by atoms with E-state index in [0.29, 0.717) is 13.2 Å². The van der Waals surface area contributed by atoms with Crippen molar-refractivity contribution in [2.24, 2.45) is 7.05 Å². The highest BCUT2D eigenvalue weighted by atomic mass is 16.5. The lowest BCUT2D eigenvalue weighted by Crippen LogP contribution is -2.48. The average molecular weight is 268 g/mol. The fourth-order valence-corrected chi connectivity index (χ4v) is 2.59. The van der Waals surface area contributed by atoms with Gasteiger partial charge >= 0.3 is 0 Å². The zero-order chi connectivity index (χ0) is 13.8. The van der Waals surface area contributed by atoms with Crippen LogP contribution in [0.5, 0.6) is 0 Å². The van der Waals surface area contributed by atoms with E-state index in [9.17, 15) is 5.11 Å². The summed E-state index contributed by atoms with van der Waals surface area (Å²) < 4.78 is 7.36. The molecule has 6 heteroatoms. The van der Waals surface area contributed by atoms with Crippen LogP contribution in [0, 0.1) is 6.92 Å². The zero-order valence-corrected chi connectivity index (χ0v) is 12.0. The fraction of sp³-hybridized carbons (Fsp3) is 0.769. The molecule has 6 nitrogen and oxygen atoms in total. The summed E-state index contributed by atoms with van der Waals surface area (Å²) in [7, 11) is 1.96. The standard InChI is InChI=1S/C13H24N4O2/c1-4-14-7-12-10(2)15-16(3)13(12)17-5-6-19-9-11(17)8-18/h11,14,18H,4-9H2,1-3H3. The molecule has 0 spiro atoms. The molecular formula is C13H24N4O2. The summed E-state index contributed by atoms with van der Waals surface area (Å²) in [4.78, 5) is 2.22. The lowest BCUT2D eigenvalue weighted by atomic mass is 10.1. The zero-order valence-electron chi connectivity index (χ0n) is 12.0. The van der Waals surface area contributed by atoms with Crippen LogP contribution in [0.1, 0.15) is 18.2 Å². The van der Waals surface area contributed by atoms with Crippen molar-refractivity contribution in [2.45, 2.75) is 26.4 Å². The molecule has 0 aromatic carbocycles. The molecule has 19 heavy (non-hydrogen) atoms. The number of aromatic nitrogens is 2. The van der Waals surface area contributed by atoms with Gasteiger partial charge in [0.2, 0.25) is 0 Å². The van der Waals surface area contributed by atoms with E-state index in [1.165, 1.54) is 5.56 Å². The molecule has 2 rings (SSSR count). The van der Waals surface area contributed by atoms with Gasteiger partial charge in [0.05, 0.1) is 31.6 Å². The number of aliphatic hydroxyl groups excluding tert-OH is 1. The molecule has 1 fully saturated rings. The largest absolute Gasteiger partial charge is 0.394 e. The van der Waals surface area contributed by atoms with E-state index in [1.807, 2.05) is 18.7 Å². The Labute approximate surface area is 114 Å². The molecule has 1 aliphatic heterocycles. The first-order valence-corrected chi connectivity index (χ1v) is 6.87. The van der Waals surface area contributed by atoms with Crippen molar-refractivity contribution in [3.05, 3.63) is 11.3 Å². The third kappa shape index (κ3) is 2.91. The first-order valence-electron chi connectivity index (χ1n) is 6.87. The summed E-state index contributed by atoms with van der Waals surface area (Å²) in [5.41, 5.74) is 2.26. The summed E-state index contributed by atoms with van der Waals surface area (Å²) >= 11 is 0. The van der Waals surface area contributed by atoms with Crippen LogP contribution < -0.4 is 10.2 Å². The van der Waals surface area contributed by atoms with Gasteiger partial charge in [-0.15, -0.1) is 0 Å². The van der Waals surface area contributed by atoms with Crippen molar-refractivity contribution in [1.29, 1.82) is 0 Å². The number of ether oxygens (including phenoxy) is 1. The molecule has 1 aromatic rings. The Kier molecular flexibility index (Phi) is 4.79. The highest BCUT2D eigenvalue weighted by Gasteiger charge is 2.27. The highest BCUT2D eigenvalue weighted by Crippen LogP contribution is 2.26. The van der Waals surface area contributed by atoms with Gasteiger partial charge in [0, 0.05) is 25.7 Å². The Hall–Kier alpha value is -1.11. The molecule has 0 bridgehead atoms. The van der Waals surface area contributed by atoms with Crippen molar-refractivity contribution < 1.29 is 9.84 Å². The monoisotopic (exact) mass is 268 g/mol. The Morgan fingerprint density at radius 3 is 3.00 bits per heavy atom. The number of hydrogen-bond donors (Lipinski definition) is 2. The van der Waals surface area contributed by atoms with Crippen LogP contribution in [0.2, 0.25) is 0 Å². The normalized spacial score (nSPS) is 20.0. The topological polar surface area (TPSA) is 62.6 Å². The van der Waals surface area contributed by atoms with Crippen molar-refractivity contribution in [2.75, 3.05) is 37.8 Å². The molecular weight excluding hydrogens is 244 g/mol. The third-order valence-electron chi connectivity index (χ3n) is 3.58. The molecule has 0 saturated carbocycles. The van der Waals surface area contributed by atoms with Gasteiger partial charge in [0.15, 0.2) is 0 Å². The maximum absolute atomic E-state index is 9.52. The molecule has 1 unspecified atom stereocenters. The lowest BCUT2D eigenvalue weighted by molar-refractivity contribution is 0.0718. The van der Waals surface area contributed by atoms with Gasteiger partial charge in [-0.25, -0.2) is 0 Å². The van der Waals surface area contributed by atoms with Gasteiger partial charge in [-0.05, 0) is 13.5 Å². The lowest BCUT2D eigenvalue weighted by Gasteiger charge is -2.36. The molecule has 0 amide bonds. The number of aliphatic hydroxyl groups is 1. The summed E-state index contributed by atoms with van der Waals surface area (Å²) in [6.45, 7) is 8.03. The molecule has 1 saturated heterocycles. The van der Waals surface area contributed by atoms with Crippen molar-refractivity contribution in [1.82, 2.24) is 15.1 Å². The van der Waals surface area contributed by atoms with E-state index in [2.05, 4.69) is 22.2 Å². The second kappa shape index (κ2) is 6.36. The van der Waals surface area contributed by atoms with Crippen LogP contribution in [0.3, 0.4) is 0 Å². The fourth-order valence-electron chi connectivity index (χ4n) is 2.59. The second-order valence-corrected chi connectivity index (χ2v) is 4.90. The Morgan fingerprint density at radius 2 is 2.32 bits per heavy atom. The predicted molar refractivity (Wildman–Crippen MR) is 74.4 cm³/mol. The minimum Gasteiger partial charge on any atom is -0.394 e. The van der Waals surface area contributed by atoms with Crippen molar-refractivity contribution >= 4 is 5.82 Å².